The van der Waals surface area contributed by atoms with Gasteiger partial charge in [-0.3, -0.25) is 9.59 Å². The topological polar surface area (TPSA) is 58.2 Å². The average molecular weight is 295 g/mol. The largest absolute Gasteiger partial charge is 0.354 e. The maximum Gasteiger partial charge on any atom is 0.224 e. The number of rotatable bonds is 5. The molecular formula is C15H19ClN2O2. The molecule has 1 aliphatic rings. The summed E-state index contributed by atoms with van der Waals surface area (Å²) in [5.41, 5.74) is 0.992. The molecule has 0 bridgehead atoms. The van der Waals surface area contributed by atoms with Crippen molar-refractivity contribution < 1.29 is 9.59 Å². The van der Waals surface area contributed by atoms with Crippen molar-refractivity contribution in [2.45, 2.75) is 32.9 Å². The first-order valence-corrected chi connectivity index (χ1v) is 7.17. The number of benzene rings is 1. The third-order valence-electron chi connectivity index (χ3n) is 3.27. The lowest BCUT2D eigenvalue weighted by Crippen LogP contribution is -2.33. The molecule has 0 spiro atoms. The number of hydrogen-bond donors (Lipinski definition) is 2. The van der Waals surface area contributed by atoms with Crippen LogP contribution in [-0.4, -0.2) is 17.9 Å². The number of halogens is 1. The Morgan fingerprint density at radius 1 is 1.20 bits per heavy atom. The first-order chi connectivity index (χ1) is 9.47. The maximum absolute atomic E-state index is 11.9. The van der Waals surface area contributed by atoms with Gasteiger partial charge in [0.05, 0.1) is 11.8 Å². The van der Waals surface area contributed by atoms with Crippen LogP contribution in [-0.2, 0) is 16.1 Å². The Hall–Kier alpha value is -1.55. The predicted molar refractivity (Wildman–Crippen MR) is 78.2 cm³/mol. The van der Waals surface area contributed by atoms with Crippen molar-refractivity contribution in [2.75, 3.05) is 0 Å². The normalized spacial score (nSPS) is 20.6. The smallest absolute Gasteiger partial charge is 0.224 e. The van der Waals surface area contributed by atoms with E-state index in [2.05, 4.69) is 10.6 Å². The van der Waals surface area contributed by atoms with Crippen LogP contribution >= 0.6 is 11.6 Å². The van der Waals surface area contributed by atoms with Crippen LogP contribution in [0.25, 0.3) is 0 Å². The lowest BCUT2D eigenvalue weighted by atomic mass is 10.2. The molecule has 0 aromatic heterocycles. The highest BCUT2D eigenvalue weighted by molar-refractivity contribution is 6.30. The van der Waals surface area contributed by atoms with Crippen LogP contribution in [0.3, 0.4) is 0 Å². The highest BCUT2D eigenvalue weighted by atomic mass is 35.5. The Kier molecular flexibility index (Phi) is 4.65. The lowest BCUT2D eigenvalue weighted by Gasteiger charge is -2.08. The van der Waals surface area contributed by atoms with Crippen molar-refractivity contribution in [3.05, 3.63) is 34.9 Å². The predicted octanol–water partition coefficient (Wildman–Crippen LogP) is 2.12. The molecule has 0 heterocycles. The quantitative estimate of drug-likeness (QED) is 0.874. The Morgan fingerprint density at radius 2 is 1.80 bits per heavy atom. The van der Waals surface area contributed by atoms with Gasteiger partial charge in [0.15, 0.2) is 0 Å². The van der Waals surface area contributed by atoms with E-state index in [9.17, 15) is 9.59 Å². The zero-order chi connectivity index (χ0) is 14.7. The van der Waals surface area contributed by atoms with E-state index in [-0.39, 0.29) is 29.7 Å². The Balaban J connectivity index is 1.77. The van der Waals surface area contributed by atoms with Crippen LogP contribution in [0.4, 0.5) is 0 Å². The summed E-state index contributed by atoms with van der Waals surface area (Å²) in [6.45, 7) is 4.29. The van der Waals surface area contributed by atoms with Crippen LogP contribution in [0.15, 0.2) is 24.3 Å². The highest BCUT2D eigenvalue weighted by Crippen LogP contribution is 2.38. The summed E-state index contributed by atoms with van der Waals surface area (Å²) in [4.78, 5) is 23.7. The van der Waals surface area contributed by atoms with Crippen molar-refractivity contribution in [3.8, 4) is 0 Å². The van der Waals surface area contributed by atoms with Gasteiger partial charge in [-0.05, 0) is 38.0 Å². The Morgan fingerprint density at radius 3 is 2.40 bits per heavy atom. The fraction of sp³-hybridized carbons (Fsp3) is 0.467. The SMILES string of the molecule is CC(C)NC(=O)C1CC1C(=O)NCc1ccc(Cl)cc1. The van der Waals surface area contributed by atoms with Gasteiger partial charge in [-0.1, -0.05) is 23.7 Å². The molecule has 2 unspecified atom stereocenters. The van der Waals surface area contributed by atoms with E-state index >= 15 is 0 Å². The van der Waals surface area contributed by atoms with Crippen molar-refractivity contribution in [2.24, 2.45) is 11.8 Å². The fourth-order valence-corrected chi connectivity index (χ4v) is 2.21. The highest BCUT2D eigenvalue weighted by Gasteiger charge is 2.47. The molecule has 2 amide bonds. The number of amides is 2. The second-order valence-corrected chi connectivity index (χ2v) is 5.89. The second-order valence-electron chi connectivity index (χ2n) is 5.46. The van der Waals surface area contributed by atoms with E-state index in [4.69, 9.17) is 11.6 Å². The van der Waals surface area contributed by atoms with Gasteiger partial charge in [-0.25, -0.2) is 0 Å². The molecule has 20 heavy (non-hydrogen) atoms. The molecule has 0 radical (unpaired) electrons. The molecule has 1 aliphatic carbocycles. The zero-order valence-electron chi connectivity index (χ0n) is 11.7. The molecule has 0 aliphatic heterocycles. The van der Waals surface area contributed by atoms with E-state index in [1.54, 1.807) is 12.1 Å². The number of nitrogens with one attached hydrogen (secondary N) is 2. The van der Waals surface area contributed by atoms with E-state index in [0.717, 1.165) is 5.56 Å². The van der Waals surface area contributed by atoms with Gasteiger partial charge in [-0.2, -0.15) is 0 Å². The minimum atomic E-state index is -0.180. The van der Waals surface area contributed by atoms with Gasteiger partial charge < -0.3 is 10.6 Å². The molecule has 5 heteroatoms. The minimum absolute atomic E-state index is 0.0216. The van der Waals surface area contributed by atoms with E-state index in [0.29, 0.717) is 18.0 Å². The Labute approximate surface area is 123 Å². The van der Waals surface area contributed by atoms with Gasteiger partial charge in [0.1, 0.15) is 0 Å². The third-order valence-corrected chi connectivity index (χ3v) is 3.53. The van der Waals surface area contributed by atoms with Crippen LogP contribution in [0.1, 0.15) is 25.8 Å². The fourth-order valence-electron chi connectivity index (χ4n) is 2.09. The molecule has 1 aromatic carbocycles. The summed E-state index contributed by atoms with van der Waals surface area (Å²) in [6.07, 6.45) is 0.644. The molecule has 0 saturated heterocycles. The van der Waals surface area contributed by atoms with Crippen molar-refractivity contribution >= 4 is 23.4 Å². The summed E-state index contributed by atoms with van der Waals surface area (Å²) >= 11 is 5.80. The summed E-state index contributed by atoms with van der Waals surface area (Å²) in [5, 5.41) is 6.37. The molecule has 2 N–H and O–H groups in total. The van der Waals surface area contributed by atoms with Crippen LogP contribution in [0.5, 0.6) is 0 Å². The number of hydrogen-bond acceptors (Lipinski definition) is 2. The van der Waals surface area contributed by atoms with Crippen molar-refractivity contribution in [3.63, 3.8) is 0 Å². The standard InChI is InChI=1S/C15H19ClN2O2/c1-9(2)18-15(20)13-7-12(13)14(19)17-8-10-3-5-11(16)6-4-10/h3-6,9,12-13H,7-8H2,1-2H3,(H,17,19)(H,18,20). The molecule has 4 nitrogen and oxygen atoms in total. The molecule has 108 valence electrons. The first kappa shape index (κ1) is 14.9. The molecular weight excluding hydrogens is 276 g/mol. The van der Waals surface area contributed by atoms with Gasteiger partial charge in [0.25, 0.3) is 0 Å². The summed E-state index contributed by atoms with van der Waals surface area (Å²) in [5.74, 6) is -0.417. The summed E-state index contributed by atoms with van der Waals surface area (Å²) in [7, 11) is 0. The monoisotopic (exact) mass is 294 g/mol. The van der Waals surface area contributed by atoms with Crippen LogP contribution < -0.4 is 10.6 Å². The summed E-state index contributed by atoms with van der Waals surface area (Å²) < 4.78 is 0. The summed E-state index contributed by atoms with van der Waals surface area (Å²) in [6, 6.07) is 7.44. The van der Waals surface area contributed by atoms with Gasteiger partial charge >= 0.3 is 0 Å². The van der Waals surface area contributed by atoms with Gasteiger partial charge in [0, 0.05) is 17.6 Å². The molecule has 2 atom stereocenters. The van der Waals surface area contributed by atoms with E-state index in [1.807, 2.05) is 26.0 Å². The number of carbonyl (C=O) groups is 2. The van der Waals surface area contributed by atoms with E-state index < -0.39 is 0 Å². The van der Waals surface area contributed by atoms with Crippen LogP contribution in [0, 0.1) is 11.8 Å². The number of carbonyl (C=O) groups excluding carboxylic acids is 2. The molecule has 1 fully saturated rings. The van der Waals surface area contributed by atoms with Gasteiger partial charge in [-0.15, -0.1) is 0 Å². The zero-order valence-corrected chi connectivity index (χ0v) is 12.4. The second kappa shape index (κ2) is 6.27. The maximum atomic E-state index is 11.9. The average Bonchev–Trinajstić information content (AvgIpc) is 3.17. The van der Waals surface area contributed by atoms with Gasteiger partial charge in [0.2, 0.25) is 11.8 Å². The molecule has 2 rings (SSSR count). The van der Waals surface area contributed by atoms with Crippen LogP contribution in [0.2, 0.25) is 5.02 Å². The molecule has 1 aromatic rings. The van der Waals surface area contributed by atoms with Crippen molar-refractivity contribution in [1.29, 1.82) is 0 Å². The first-order valence-electron chi connectivity index (χ1n) is 6.80. The Bertz CT molecular complexity index is 499. The lowest BCUT2D eigenvalue weighted by molar-refractivity contribution is -0.127. The van der Waals surface area contributed by atoms with E-state index in [1.165, 1.54) is 0 Å². The van der Waals surface area contributed by atoms with Crippen molar-refractivity contribution in [1.82, 2.24) is 10.6 Å². The molecule has 1 saturated carbocycles. The third kappa shape index (κ3) is 3.97. The minimum Gasteiger partial charge on any atom is -0.354 e.